The van der Waals surface area contributed by atoms with Crippen LogP contribution in [-0.4, -0.2) is 44.0 Å². The highest BCUT2D eigenvalue weighted by atomic mass is 16.6. The number of rotatable bonds is 5. The summed E-state index contributed by atoms with van der Waals surface area (Å²) in [7, 11) is 0. The van der Waals surface area contributed by atoms with Crippen molar-refractivity contribution in [2.75, 3.05) is 33.0 Å². The van der Waals surface area contributed by atoms with E-state index in [-0.39, 0.29) is 6.61 Å². The molecule has 1 aliphatic rings. The maximum atomic E-state index is 8.31. The second kappa shape index (κ2) is 4.24. The summed E-state index contributed by atoms with van der Waals surface area (Å²) in [5.41, 5.74) is 0. The Morgan fingerprint density at radius 2 is 2.40 bits per heavy atom. The molecule has 4 heteroatoms. The summed E-state index contributed by atoms with van der Waals surface area (Å²) < 4.78 is 9.80. The molecule has 0 unspecified atom stereocenters. The van der Waals surface area contributed by atoms with Gasteiger partial charge in [0.05, 0.1) is 13.2 Å². The Kier molecular flexibility index (Phi) is 3.18. The van der Waals surface area contributed by atoms with Crippen molar-refractivity contribution in [3.63, 3.8) is 0 Å². The molecule has 0 bridgehead atoms. The first-order valence-corrected chi connectivity index (χ1v) is 3.34. The Hall–Kier alpha value is -0.610. The summed E-state index contributed by atoms with van der Waals surface area (Å²) in [5, 5.41) is 8.31. The van der Waals surface area contributed by atoms with E-state index >= 15 is 0 Å². The predicted molar refractivity (Wildman–Crippen MR) is 34.7 cm³/mol. The van der Waals surface area contributed by atoms with Crippen LogP contribution in [0.5, 0.6) is 0 Å². The van der Waals surface area contributed by atoms with Gasteiger partial charge in [-0.05, 0) is 0 Å². The van der Waals surface area contributed by atoms with Crippen LogP contribution in [0.4, 0.5) is 0 Å². The zero-order valence-corrected chi connectivity index (χ0v) is 5.80. The highest BCUT2D eigenvalue weighted by Crippen LogP contribution is 1.87. The molecule has 0 aliphatic carbocycles. The van der Waals surface area contributed by atoms with E-state index in [9.17, 15) is 0 Å². The van der Waals surface area contributed by atoms with Gasteiger partial charge in [0.1, 0.15) is 6.61 Å². The van der Waals surface area contributed by atoms with E-state index in [1.807, 2.05) is 0 Å². The van der Waals surface area contributed by atoms with Gasteiger partial charge in [-0.2, -0.15) is 0 Å². The SMILES string of the molecule is OCCOCC[NH+]=C1CO1. The first-order chi connectivity index (χ1) is 4.93. The van der Waals surface area contributed by atoms with Gasteiger partial charge in [-0.25, -0.2) is 4.99 Å². The fourth-order valence-corrected chi connectivity index (χ4v) is 0.567. The second-order valence-corrected chi connectivity index (χ2v) is 1.97. The van der Waals surface area contributed by atoms with Crippen molar-refractivity contribution in [3.8, 4) is 0 Å². The molecule has 1 rings (SSSR count). The largest absolute Gasteiger partial charge is 0.430 e. The van der Waals surface area contributed by atoms with Crippen molar-refractivity contribution >= 4 is 5.90 Å². The second-order valence-electron chi connectivity index (χ2n) is 1.97. The average Bonchev–Trinajstić information content (AvgIpc) is 2.71. The van der Waals surface area contributed by atoms with Gasteiger partial charge in [-0.1, -0.05) is 0 Å². The molecule has 0 atom stereocenters. The fraction of sp³-hybridized carbons (Fsp3) is 0.833. The van der Waals surface area contributed by atoms with Gasteiger partial charge in [-0.15, -0.1) is 0 Å². The van der Waals surface area contributed by atoms with Crippen LogP contribution in [0.25, 0.3) is 0 Å². The van der Waals surface area contributed by atoms with E-state index in [1.165, 1.54) is 0 Å². The monoisotopic (exact) mass is 146 g/mol. The quantitative estimate of drug-likeness (QED) is 0.333. The smallest absolute Gasteiger partial charge is 0.374 e. The van der Waals surface area contributed by atoms with Crippen molar-refractivity contribution in [1.29, 1.82) is 0 Å². The summed E-state index contributed by atoms with van der Waals surface area (Å²) in [6.07, 6.45) is 0. The Bertz CT molecular complexity index is 118. The standard InChI is InChI=1S/C6H11NO3/c8-2-4-9-3-1-7-6-5-10-6/h8H,1-5H2/p+1. The lowest BCUT2D eigenvalue weighted by molar-refractivity contribution is -0.462. The van der Waals surface area contributed by atoms with E-state index in [0.717, 1.165) is 19.0 Å². The molecule has 0 saturated carbocycles. The van der Waals surface area contributed by atoms with Gasteiger partial charge in [0.2, 0.25) is 6.61 Å². The van der Waals surface area contributed by atoms with Crippen LogP contribution in [0.3, 0.4) is 0 Å². The van der Waals surface area contributed by atoms with Crippen LogP contribution >= 0.6 is 0 Å². The molecule has 1 aliphatic heterocycles. The van der Waals surface area contributed by atoms with Gasteiger partial charge >= 0.3 is 5.90 Å². The number of hydrogen-bond acceptors (Lipinski definition) is 3. The summed E-state index contributed by atoms with van der Waals surface area (Å²) in [4.78, 5) is 3.00. The van der Waals surface area contributed by atoms with Crippen LogP contribution in [-0.2, 0) is 9.47 Å². The van der Waals surface area contributed by atoms with Crippen molar-refractivity contribution in [3.05, 3.63) is 0 Å². The molecule has 10 heavy (non-hydrogen) atoms. The molecule has 0 amide bonds. The summed E-state index contributed by atoms with van der Waals surface area (Å²) in [5.74, 6) is 0.938. The highest BCUT2D eigenvalue weighted by molar-refractivity contribution is 5.82. The number of aliphatic hydroxyl groups excluding tert-OH is 1. The van der Waals surface area contributed by atoms with Crippen molar-refractivity contribution in [2.24, 2.45) is 0 Å². The number of nitrogens with one attached hydrogen (secondary N) is 1. The summed E-state index contributed by atoms with van der Waals surface area (Å²) in [6.45, 7) is 2.62. The Morgan fingerprint density at radius 3 is 3.00 bits per heavy atom. The molecule has 1 fully saturated rings. The first-order valence-electron chi connectivity index (χ1n) is 3.34. The molecule has 58 valence electrons. The van der Waals surface area contributed by atoms with Crippen LogP contribution < -0.4 is 4.99 Å². The van der Waals surface area contributed by atoms with E-state index in [0.29, 0.717) is 13.2 Å². The molecular weight excluding hydrogens is 134 g/mol. The highest BCUT2D eigenvalue weighted by Gasteiger charge is 2.22. The van der Waals surface area contributed by atoms with Crippen LogP contribution in [0, 0.1) is 0 Å². The third-order valence-corrected chi connectivity index (χ3v) is 1.09. The third-order valence-electron chi connectivity index (χ3n) is 1.09. The molecule has 0 aromatic heterocycles. The normalized spacial score (nSPS) is 19.1. The van der Waals surface area contributed by atoms with Gasteiger partial charge < -0.3 is 14.6 Å². The van der Waals surface area contributed by atoms with Crippen LogP contribution in [0.15, 0.2) is 0 Å². The molecule has 1 saturated heterocycles. The predicted octanol–water partition coefficient (Wildman–Crippen LogP) is -2.50. The van der Waals surface area contributed by atoms with E-state index in [4.69, 9.17) is 14.6 Å². The van der Waals surface area contributed by atoms with Gasteiger partial charge in [0, 0.05) is 0 Å². The molecule has 0 radical (unpaired) electrons. The van der Waals surface area contributed by atoms with Crippen molar-refractivity contribution in [2.45, 2.75) is 0 Å². The fourth-order valence-electron chi connectivity index (χ4n) is 0.567. The minimum Gasteiger partial charge on any atom is -0.430 e. The summed E-state index contributed by atoms with van der Waals surface area (Å²) in [6, 6.07) is 0. The lowest BCUT2D eigenvalue weighted by Crippen LogP contribution is -2.71. The zero-order chi connectivity index (χ0) is 7.23. The topological polar surface area (TPSA) is 56.0 Å². The Balaban J connectivity index is 1.81. The maximum absolute atomic E-state index is 8.31. The van der Waals surface area contributed by atoms with E-state index < -0.39 is 0 Å². The molecule has 0 aromatic rings. The molecule has 2 N–H and O–H groups in total. The lowest BCUT2D eigenvalue weighted by atomic mass is 10.7. The minimum atomic E-state index is 0.0903. The van der Waals surface area contributed by atoms with Crippen molar-refractivity contribution in [1.82, 2.24) is 0 Å². The first kappa shape index (κ1) is 7.50. The van der Waals surface area contributed by atoms with E-state index in [1.54, 1.807) is 0 Å². The number of epoxide rings is 1. The van der Waals surface area contributed by atoms with Gasteiger partial charge in [-0.3, -0.25) is 0 Å². The minimum absolute atomic E-state index is 0.0903. The maximum Gasteiger partial charge on any atom is 0.374 e. The number of ether oxygens (including phenoxy) is 2. The lowest BCUT2D eigenvalue weighted by Gasteiger charge is -1.93. The van der Waals surface area contributed by atoms with Gasteiger partial charge in [0.25, 0.3) is 0 Å². The average molecular weight is 146 g/mol. The number of aliphatic hydroxyl groups is 1. The summed E-state index contributed by atoms with van der Waals surface area (Å²) >= 11 is 0. The molecule has 0 spiro atoms. The van der Waals surface area contributed by atoms with Crippen LogP contribution in [0.1, 0.15) is 0 Å². The Morgan fingerprint density at radius 1 is 1.60 bits per heavy atom. The van der Waals surface area contributed by atoms with Gasteiger partial charge in [0.15, 0.2) is 6.54 Å². The number of hydrogen-bond donors (Lipinski definition) is 2. The third kappa shape index (κ3) is 3.42. The zero-order valence-electron chi connectivity index (χ0n) is 5.80. The molecule has 4 nitrogen and oxygen atoms in total. The molecular formula is C6H12NO3+. The molecule has 1 heterocycles. The Labute approximate surface area is 59.5 Å². The van der Waals surface area contributed by atoms with E-state index in [2.05, 4.69) is 4.99 Å². The van der Waals surface area contributed by atoms with Crippen molar-refractivity contribution < 1.29 is 19.6 Å². The molecule has 0 aromatic carbocycles. The van der Waals surface area contributed by atoms with Crippen LogP contribution in [0.2, 0.25) is 0 Å².